The molecule has 0 aliphatic heterocycles. The molecule has 0 aliphatic carbocycles. The van der Waals surface area contributed by atoms with Crippen molar-refractivity contribution in [2.24, 2.45) is 0 Å². The summed E-state index contributed by atoms with van der Waals surface area (Å²) < 4.78 is 18.4. The summed E-state index contributed by atoms with van der Waals surface area (Å²) in [5.74, 6) is -0.455. The van der Waals surface area contributed by atoms with Crippen LogP contribution in [-0.2, 0) is 27.3 Å². The third-order valence-electron chi connectivity index (χ3n) is 5.15. The molecular formula is C23H26FN3O3S. The molecule has 3 N–H and O–H groups in total. The number of carbonyl (C=O) groups excluding carboxylic acids is 2. The fourth-order valence-electron chi connectivity index (χ4n) is 3.53. The highest BCUT2D eigenvalue weighted by Gasteiger charge is 2.35. The van der Waals surface area contributed by atoms with Gasteiger partial charge in [0.2, 0.25) is 5.91 Å². The molecule has 3 rings (SSSR count). The lowest BCUT2D eigenvalue weighted by atomic mass is 9.92. The molecule has 1 heterocycles. The highest BCUT2D eigenvalue weighted by Crippen LogP contribution is 2.22. The van der Waals surface area contributed by atoms with Crippen LogP contribution in [-0.4, -0.2) is 48.2 Å². The van der Waals surface area contributed by atoms with Crippen molar-refractivity contribution >= 4 is 35.7 Å². The summed E-state index contributed by atoms with van der Waals surface area (Å²) >= 11 is 4.28. The van der Waals surface area contributed by atoms with Crippen LogP contribution in [0.4, 0.5) is 4.39 Å². The van der Waals surface area contributed by atoms with Crippen LogP contribution in [0.1, 0.15) is 11.1 Å². The molecule has 0 radical (unpaired) electrons. The van der Waals surface area contributed by atoms with Crippen LogP contribution in [0.2, 0.25) is 0 Å². The van der Waals surface area contributed by atoms with Gasteiger partial charge in [0.05, 0.1) is 12.6 Å². The van der Waals surface area contributed by atoms with Crippen LogP contribution in [0.5, 0.6) is 0 Å². The van der Waals surface area contributed by atoms with Crippen molar-refractivity contribution in [3.63, 3.8) is 0 Å². The molecule has 0 bridgehead atoms. The van der Waals surface area contributed by atoms with E-state index in [9.17, 15) is 14.0 Å². The van der Waals surface area contributed by atoms with Crippen LogP contribution >= 0.6 is 12.6 Å². The average Bonchev–Trinajstić information content (AvgIpc) is 3.18. The van der Waals surface area contributed by atoms with E-state index < -0.39 is 11.6 Å². The fourth-order valence-corrected chi connectivity index (χ4v) is 3.82. The lowest BCUT2D eigenvalue weighted by Gasteiger charge is -2.30. The lowest BCUT2D eigenvalue weighted by molar-refractivity contribution is -0.129. The minimum absolute atomic E-state index is 0.0268. The number of thiol groups is 1. The maximum atomic E-state index is 13.1. The van der Waals surface area contributed by atoms with E-state index >= 15 is 0 Å². The normalized spacial score (nSPS) is 14.2. The van der Waals surface area contributed by atoms with Gasteiger partial charge in [-0.2, -0.15) is 12.6 Å². The molecule has 0 unspecified atom stereocenters. The van der Waals surface area contributed by atoms with Crippen molar-refractivity contribution < 1.29 is 18.7 Å². The Kier molecular flexibility index (Phi) is 7.84. The molecule has 0 saturated carbocycles. The smallest absolute Gasteiger partial charge is 0.238 e. The number of hydrogen-bond donors (Lipinski definition) is 4. The van der Waals surface area contributed by atoms with E-state index in [1.807, 2.05) is 30.5 Å². The van der Waals surface area contributed by atoms with E-state index in [1.54, 1.807) is 12.1 Å². The first-order valence-corrected chi connectivity index (χ1v) is 10.5. The van der Waals surface area contributed by atoms with E-state index in [-0.39, 0.29) is 30.5 Å². The van der Waals surface area contributed by atoms with E-state index in [2.05, 4.69) is 28.2 Å². The zero-order valence-corrected chi connectivity index (χ0v) is 18.1. The number of hydrogen-bond acceptors (Lipinski definition) is 5. The number of nitrogens with one attached hydrogen (secondary N) is 3. The first-order valence-electron chi connectivity index (χ1n) is 9.91. The minimum Gasteiger partial charge on any atom is -0.382 e. The van der Waals surface area contributed by atoms with Crippen LogP contribution < -0.4 is 10.6 Å². The van der Waals surface area contributed by atoms with Gasteiger partial charge in [0.15, 0.2) is 0 Å². The highest BCUT2D eigenvalue weighted by atomic mass is 32.1. The highest BCUT2D eigenvalue weighted by molar-refractivity contribution is 7.80. The minimum atomic E-state index is -1.23. The van der Waals surface area contributed by atoms with Gasteiger partial charge < -0.3 is 25.1 Å². The van der Waals surface area contributed by atoms with Crippen LogP contribution in [0.15, 0.2) is 54.7 Å². The van der Waals surface area contributed by atoms with Gasteiger partial charge in [-0.15, -0.1) is 0 Å². The number of benzene rings is 2. The van der Waals surface area contributed by atoms with E-state index in [1.165, 1.54) is 19.2 Å². The maximum Gasteiger partial charge on any atom is 0.238 e. The van der Waals surface area contributed by atoms with Gasteiger partial charge in [0.1, 0.15) is 17.6 Å². The summed E-state index contributed by atoms with van der Waals surface area (Å²) in [4.78, 5) is 28.3. The first kappa shape index (κ1) is 23.0. The molecule has 31 heavy (non-hydrogen) atoms. The number of rotatable bonds is 11. The maximum absolute atomic E-state index is 13.1. The Morgan fingerprint density at radius 3 is 2.68 bits per heavy atom. The number of H-pyrrole nitrogens is 1. The average molecular weight is 444 g/mol. The second kappa shape index (κ2) is 10.6. The zero-order valence-electron chi connectivity index (χ0n) is 17.2. The molecular weight excluding hydrogens is 417 g/mol. The Balaban J connectivity index is 1.74. The number of halogens is 1. The molecule has 164 valence electrons. The topological polar surface area (TPSA) is 83.2 Å². The van der Waals surface area contributed by atoms with Crippen molar-refractivity contribution in [1.82, 2.24) is 15.6 Å². The molecule has 8 heteroatoms. The predicted octanol–water partition coefficient (Wildman–Crippen LogP) is 2.64. The Morgan fingerprint density at radius 1 is 1.26 bits per heavy atom. The second-order valence-electron chi connectivity index (χ2n) is 7.48. The number of aromatic nitrogens is 1. The number of ether oxygens (including phenoxy) is 1. The van der Waals surface area contributed by atoms with E-state index in [0.29, 0.717) is 6.54 Å². The number of carbonyl (C=O) groups is 2. The van der Waals surface area contributed by atoms with E-state index in [4.69, 9.17) is 4.74 Å². The monoisotopic (exact) mass is 443 g/mol. The second-order valence-corrected chi connectivity index (χ2v) is 7.84. The molecule has 0 fully saturated rings. The Labute approximate surface area is 186 Å². The molecule has 0 spiro atoms. The molecule has 0 saturated heterocycles. The summed E-state index contributed by atoms with van der Waals surface area (Å²) in [6, 6.07) is 13.1. The quantitative estimate of drug-likeness (QED) is 0.271. The van der Waals surface area contributed by atoms with Gasteiger partial charge in [0, 0.05) is 42.9 Å². The number of aldehydes is 1. The zero-order chi connectivity index (χ0) is 22.3. The molecule has 2 aromatic carbocycles. The van der Waals surface area contributed by atoms with Crippen molar-refractivity contribution in [2.45, 2.75) is 24.5 Å². The van der Waals surface area contributed by atoms with Gasteiger partial charge in [-0.1, -0.05) is 30.3 Å². The molecule has 1 amide bonds. The van der Waals surface area contributed by atoms with Crippen molar-refractivity contribution in [3.05, 3.63) is 71.7 Å². The third-order valence-corrected chi connectivity index (χ3v) is 5.51. The standard InChI is InChI=1S/C23H26FN3O3S/c1-30-15-23(14-28,10-17-12-26-20-5-3-2-4-19(17)20)27-22(29)21(13-31)25-11-16-6-8-18(24)9-7-16/h2-9,12,14,21,25-26,31H,10-11,13,15H2,1H3,(H,27,29)/t21-,23-/m0/s1. The summed E-state index contributed by atoms with van der Waals surface area (Å²) in [6.45, 7) is 0.388. The molecule has 3 aromatic rings. The molecule has 2 atom stereocenters. The lowest BCUT2D eigenvalue weighted by Crippen LogP contribution is -2.59. The fraction of sp³-hybridized carbons (Fsp3) is 0.304. The Bertz CT molecular complexity index is 1020. The molecule has 0 aliphatic rings. The first-order chi connectivity index (χ1) is 15.0. The summed E-state index contributed by atoms with van der Waals surface area (Å²) in [7, 11) is 1.49. The van der Waals surface area contributed by atoms with Crippen LogP contribution in [0.25, 0.3) is 10.9 Å². The van der Waals surface area contributed by atoms with Gasteiger partial charge in [-0.05, 0) is 29.3 Å². The number of aromatic amines is 1. The Morgan fingerprint density at radius 2 is 2.00 bits per heavy atom. The van der Waals surface area contributed by atoms with Crippen LogP contribution in [0, 0.1) is 5.82 Å². The van der Waals surface area contributed by atoms with E-state index in [0.717, 1.165) is 28.3 Å². The SMILES string of the molecule is COC[C@@](C=O)(Cc1c[nH]c2ccccc12)NC(=O)[C@H](CS)NCc1ccc(F)cc1. The van der Waals surface area contributed by atoms with Crippen LogP contribution in [0.3, 0.4) is 0 Å². The van der Waals surface area contributed by atoms with Crippen molar-refractivity contribution in [1.29, 1.82) is 0 Å². The number of methoxy groups -OCH3 is 1. The van der Waals surface area contributed by atoms with Crippen molar-refractivity contribution in [3.8, 4) is 0 Å². The van der Waals surface area contributed by atoms with Gasteiger partial charge in [-0.25, -0.2) is 4.39 Å². The summed E-state index contributed by atoms with van der Waals surface area (Å²) in [5.41, 5.74) is 1.46. The summed E-state index contributed by atoms with van der Waals surface area (Å²) in [5, 5.41) is 6.96. The molecule has 6 nitrogen and oxygen atoms in total. The van der Waals surface area contributed by atoms with Crippen molar-refractivity contribution in [2.75, 3.05) is 19.5 Å². The van der Waals surface area contributed by atoms with Gasteiger partial charge in [0.25, 0.3) is 0 Å². The number of fused-ring (bicyclic) bond motifs is 1. The van der Waals surface area contributed by atoms with Gasteiger partial charge >= 0.3 is 0 Å². The van der Waals surface area contributed by atoms with Gasteiger partial charge in [-0.3, -0.25) is 4.79 Å². The third kappa shape index (κ3) is 5.72. The predicted molar refractivity (Wildman–Crippen MR) is 122 cm³/mol. The number of amides is 1. The summed E-state index contributed by atoms with van der Waals surface area (Å²) in [6.07, 6.45) is 2.84. The number of para-hydroxylation sites is 1. The Hall–Kier alpha value is -2.68. The largest absolute Gasteiger partial charge is 0.382 e. The molecule has 1 aromatic heterocycles.